The summed E-state index contributed by atoms with van der Waals surface area (Å²) < 4.78 is 4.85. The van der Waals surface area contributed by atoms with E-state index in [1.807, 2.05) is 0 Å². The van der Waals surface area contributed by atoms with Crippen molar-refractivity contribution in [1.29, 1.82) is 0 Å². The fraction of sp³-hybridized carbons (Fsp3) is 0.727. The minimum atomic E-state index is -0.584. The zero-order chi connectivity index (χ0) is 11.3. The number of piperidine rings is 1. The second-order valence-electron chi connectivity index (χ2n) is 3.97. The van der Waals surface area contributed by atoms with Crippen LogP contribution in [0.15, 0.2) is 12.2 Å². The molecule has 0 saturated carbocycles. The van der Waals surface area contributed by atoms with E-state index in [9.17, 15) is 4.79 Å². The van der Waals surface area contributed by atoms with Crippen molar-refractivity contribution >= 4 is 30.0 Å². The van der Waals surface area contributed by atoms with E-state index in [0.29, 0.717) is 18.7 Å². The minimum absolute atomic E-state index is 0. The lowest BCUT2D eigenvalue weighted by Gasteiger charge is -2.36. The van der Waals surface area contributed by atoms with Crippen molar-refractivity contribution in [1.82, 2.24) is 5.32 Å². The predicted molar refractivity (Wildman–Crippen MR) is 68.3 cm³/mol. The Morgan fingerprint density at radius 1 is 1.69 bits per heavy atom. The largest absolute Gasteiger partial charge is 0.468 e. The molecule has 1 unspecified atom stereocenters. The molecule has 1 aliphatic heterocycles. The summed E-state index contributed by atoms with van der Waals surface area (Å²) in [5.41, 5.74) is 0.521. The fourth-order valence-corrected chi connectivity index (χ4v) is 2.18. The number of alkyl halides is 1. The van der Waals surface area contributed by atoms with Gasteiger partial charge in [0.15, 0.2) is 0 Å². The summed E-state index contributed by atoms with van der Waals surface area (Å²) in [6.45, 7) is 4.74. The molecule has 1 heterocycles. The van der Waals surface area contributed by atoms with Crippen LogP contribution in [0.3, 0.4) is 0 Å². The van der Waals surface area contributed by atoms with Crippen molar-refractivity contribution in [3.8, 4) is 0 Å². The molecule has 1 N–H and O–H groups in total. The highest BCUT2D eigenvalue weighted by Gasteiger charge is 2.40. The number of esters is 1. The van der Waals surface area contributed by atoms with Gasteiger partial charge in [-0.1, -0.05) is 12.2 Å². The lowest BCUT2D eigenvalue weighted by molar-refractivity contribution is -0.149. The molecule has 0 radical (unpaired) electrons. The molecule has 1 fully saturated rings. The van der Waals surface area contributed by atoms with Gasteiger partial charge in [-0.25, -0.2) is 0 Å². The van der Waals surface area contributed by atoms with E-state index >= 15 is 0 Å². The molecule has 1 saturated heterocycles. The lowest BCUT2D eigenvalue weighted by atomic mass is 9.83. The van der Waals surface area contributed by atoms with Gasteiger partial charge in [0, 0.05) is 5.88 Å². The van der Waals surface area contributed by atoms with E-state index in [2.05, 4.69) is 11.9 Å². The van der Waals surface area contributed by atoms with Crippen LogP contribution in [-0.2, 0) is 9.53 Å². The molecule has 1 atom stereocenters. The number of rotatable bonds is 4. The number of ether oxygens (including phenoxy) is 1. The molecule has 0 aromatic heterocycles. The van der Waals surface area contributed by atoms with Gasteiger partial charge in [-0.2, -0.15) is 0 Å². The SMILES string of the molecule is C=C1CCNC(CCCCl)(C(=O)OC)C1.Cl. The highest BCUT2D eigenvalue weighted by atomic mass is 35.5. The van der Waals surface area contributed by atoms with E-state index in [4.69, 9.17) is 16.3 Å². The van der Waals surface area contributed by atoms with Crippen LogP contribution in [0.5, 0.6) is 0 Å². The molecule has 0 amide bonds. The summed E-state index contributed by atoms with van der Waals surface area (Å²) in [5, 5.41) is 3.25. The van der Waals surface area contributed by atoms with Gasteiger partial charge in [-0.15, -0.1) is 24.0 Å². The Balaban J connectivity index is 0.00000225. The van der Waals surface area contributed by atoms with Gasteiger partial charge >= 0.3 is 5.97 Å². The van der Waals surface area contributed by atoms with Crippen LogP contribution in [0, 0.1) is 0 Å². The molecular formula is C11H19Cl2NO2. The summed E-state index contributed by atoms with van der Waals surface area (Å²) >= 11 is 5.66. The first-order valence-electron chi connectivity index (χ1n) is 5.21. The van der Waals surface area contributed by atoms with E-state index in [1.165, 1.54) is 7.11 Å². The normalized spacial score (nSPS) is 24.8. The zero-order valence-corrected chi connectivity index (χ0v) is 11.1. The molecule has 0 aromatic carbocycles. The second-order valence-corrected chi connectivity index (χ2v) is 4.35. The first-order valence-corrected chi connectivity index (χ1v) is 5.74. The summed E-state index contributed by atoms with van der Waals surface area (Å²) in [6, 6.07) is 0. The molecule has 5 heteroatoms. The monoisotopic (exact) mass is 267 g/mol. The van der Waals surface area contributed by atoms with Crippen LogP contribution in [0.1, 0.15) is 25.7 Å². The van der Waals surface area contributed by atoms with Crippen LogP contribution in [0.2, 0.25) is 0 Å². The Bertz CT molecular complexity index is 258. The highest BCUT2D eigenvalue weighted by Crippen LogP contribution is 2.28. The van der Waals surface area contributed by atoms with Crippen molar-refractivity contribution in [3.05, 3.63) is 12.2 Å². The number of hydrogen-bond acceptors (Lipinski definition) is 3. The third-order valence-electron chi connectivity index (χ3n) is 2.81. The number of carbonyl (C=O) groups excluding carboxylic acids is 1. The van der Waals surface area contributed by atoms with Crippen LogP contribution in [0.4, 0.5) is 0 Å². The highest BCUT2D eigenvalue weighted by molar-refractivity contribution is 6.17. The Labute approximate surface area is 108 Å². The lowest BCUT2D eigenvalue weighted by Crippen LogP contribution is -2.55. The van der Waals surface area contributed by atoms with Crippen LogP contribution in [-0.4, -0.2) is 31.0 Å². The van der Waals surface area contributed by atoms with Gasteiger partial charge in [-0.05, 0) is 32.2 Å². The van der Waals surface area contributed by atoms with Crippen LogP contribution >= 0.6 is 24.0 Å². The van der Waals surface area contributed by atoms with E-state index in [-0.39, 0.29) is 18.4 Å². The summed E-state index contributed by atoms with van der Waals surface area (Å²) in [6.07, 6.45) is 3.11. The fourth-order valence-electron chi connectivity index (χ4n) is 2.04. The third-order valence-corrected chi connectivity index (χ3v) is 3.07. The second kappa shape index (κ2) is 7.15. The molecule has 1 aliphatic rings. The summed E-state index contributed by atoms with van der Waals surface area (Å²) in [7, 11) is 1.42. The predicted octanol–water partition coefficient (Wildman–Crippen LogP) is 2.28. The number of methoxy groups -OCH3 is 1. The molecule has 0 spiro atoms. The van der Waals surface area contributed by atoms with Gasteiger partial charge in [0.2, 0.25) is 0 Å². The van der Waals surface area contributed by atoms with E-state index < -0.39 is 5.54 Å². The Morgan fingerprint density at radius 3 is 2.88 bits per heavy atom. The molecule has 3 nitrogen and oxygen atoms in total. The van der Waals surface area contributed by atoms with E-state index in [0.717, 1.165) is 25.0 Å². The average molecular weight is 268 g/mol. The number of nitrogens with one attached hydrogen (secondary N) is 1. The number of carbonyl (C=O) groups is 1. The molecule has 1 rings (SSSR count). The van der Waals surface area contributed by atoms with Crippen LogP contribution in [0.25, 0.3) is 0 Å². The zero-order valence-electron chi connectivity index (χ0n) is 9.55. The maximum absolute atomic E-state index is 11.8. The molecule has 16 heavy (non-hydrogen) atoms. The number of halogens is 2. The molecule has 0 aliphatic carbocycles. The Kier molecular flexibility index (Phi) is 7.04. The average Bonchev–Trinajstić information content (AvgIpc) is 2.25. The van der Waals surface area contributed by atoms with Crippen molar-refractivity contribution in [3.63, 3.8) is 0 Å². The van der Waals surface area contributed by atoms with Crippen molar-refractivity contribution in [2.45, 2.75) is 31.2 Å². The molecule has 0 aromatic rings. The maximum Gasteiger partial charge on any atom is 0.326 e. The topological polar surface area (TPSA) is 38.3 Å². The third kappa shape index (κ3) is 3.65. The van der Waals surface area contributed by atoms with Gasteiger partial charge < -0.3 is 10.1 Å². The quantitative estimate of drug-likeness (QED) is 0.483. The van der Waals surface area contributed by atoms with Crippen LogP contribution < -0.4 is 5.32 Å². The van der Waals surface area contributed by atoms with Crippen molar-refractivity contribution in [2.24, 2.45) is 0 Å². The first-order chi connectivity index (χ1) is 7.14. The van der Waals surface area contributed by atoms with Crippen molar-refractivity contribution < 1.29 is 9.53 Å². The Hall–Kier alpha value is -0.250. The van der Waals surface area contributed by atoms with E-state index in [1.54, 1.807) is 0 Å². The standard InChI is InChI=1S/C11H18ClNO2.ClH/c1-9-4-7-13-11(8-9,5-3-6-12)10(14)15-2;/h13H,1,3-8H2,2H3;1H. The van der Waals surface area contributed by atoms with Gasteiger partial charge in [0.05, 0.1) is 7.11 Å². The number of hydrogen-bond donors (Lipinski definition) is 1. The summed E-state index contributed by atoms with van der Waals surface area (Å²) in [5.74, 6) is 0.362. The van der Waals surface area contributed by atoms with Gasteiger partial charge in [-0.3, -0.25) is 4.79 Å². The molecular weight excluding hydrogens is 249 g/mol. The Morgan fingerprint density at radius 2 is 2.38 bits per heavy atom. The molecule has 0 bridgehead atoms. The summed E-state index contributed by atoms with van der Waals surface area (Å²) in [4.78, 5) is 11.8. The smallest absolute Gasteiger partial charge is 0.326 e. The van der Waals surface area contributed by atoms with Crippen molar-refractivity contribution in [2.75, 3.05) is 19.5 Å². The minimum Gasteiger partial charge on any atom is -0.468 e. The molecule has 94 valence electrons. The maximum atomic E-state index is 11.8. The first kappa shape index (κ1) is 15.8. The van der Waals surface area contributed by atoms with Gasteiger partial charge in [0.1, 0.15) is 5.54 Å². The van der Waals surface area contributed by atoms with Gasteiger partial charge in [0.25, 0.3) is 0 Å².